The number of carbonyl (C=O) groups is 3. The van der Waals surface area contributed by atoms with Gasteiger partial charge in [0.1, 0.15) is 6.54 Å². The van der Waals surface area contributed by atoms with Gasteiger partial charge in [-0.2, -0.15) is 8.42 Å². The van der Waals surface area contributed by atoms with Crippen LogP contribution in [0.4, 0.5) is 5.69 Å². The fraction of sp³-hybridized carbons (Fsp3) is 0.400. The van der Waals surface area contributed by atoms with E-state index in [1.165, 1.54) is 6.07 Å². The van der Waals surface area contributed by atoms with Crippen LogP contribution in [-0.2, 0) is 41.3 Å². The lowest BCUT2D eigenvalue weighted by atomic mass is 9.83. The highest BCUT2D eigenvalue weighted by Crippen LogP contribution is 2.48. The van der Waals surface area contributed by atoms with E-state index in [9.17, 15) is 27.4 Å². The van der Waals surface area contributed by atoms with Gasteiger partial charge in [-0.15, -0.1) is 5.06 Å². The van der Waals surface area contributed by atoms with Crippen molar-refractivity contribution in [2.45, 2.75) is 76.2 Å². The van der Waals surface area contributed by atoms with Crippen molar-refractivity contribution in [3.8, 4) is 0 Å². The molecule has 41 heavy (non-hydrogen) atoms. The summed E-state index contributed by atoms with van der Waals surface area (Å²) in [6.07, 6.45) is 12.6. The van der Waals surface area contributed by atoms with E-state index in [2.05, 4.69) is 9.47 Å². The number of carbonyl (C=O) groups excluding carboxylic acids is 3. The van der Waals surface area contributed by atoms with Gasteiger partial charge in [0.2, 0.25) is 0 Å². The highest BCUT2D eigenvalue weighted by Gasteiger charge is 2.40. The average Bonchev–Trinajstić information content (AvgIpc) is 3.35. The zero-order chi connectivity index (χ0) is 29.8. The van der Waals surface area contributed by atoms with Gasteiger partial charge in [0, 0.05) is 61.2 Å². The largest absolute Gasteiger partial charge is 0.344 e. The molecule has 0 saturated carbocycles. The molecule has 2 aliphatic heterocycles. The molecule has 1 saturated heterocycles. The van der Waals surface area contributed by atoms with E-state index < -0.39 is 33.3 Å². The van der Waals surface area contributed by atoms with Crippen LogP contribution in [0.2, 0.25) is 0 Å². The molecular formula is C30H36N3O7S+. The molecule has 218 valence electrons. The van der Waals surface area contributed by atoms with Crippen molar-refractivity contribution in [3.63, 3.8) is 0 Å². The number of anilines is 1. The Labute approximate surface area is 240 Å². The third-order valence-electron chi connectivity index (χ3n) is 7.43. The fourth-order valence-corrected chi connectivity index (χ4v) is 5.69. The standard InChI is InChI=1S/C30H35N3O7S/c1-4-32-25-13-12-23(41(37,38)39)21-24(25)30(2,3)26(32)10-8-9-22-16-19-31(20-17-22)18-7-5-6-11-29(36)40-33-27(34)14-15-28(33)35/h8-10,12-13,16-17,19-21H,4-7,11,14-15,18H2,1-3H3/p+1. The first-order valence-corrected chi connectivity index (χ1v) is 15.2. The first-order chi connectivity index (χ1) is 19.4. The lowest BCUT2D eigenvalue weighted by molar-refractivity contribution is -0.697. The summed E-state index contributed by atoms with van der Waals surface area (Å²) in [5.41, 5.74) is 3.39. The molecule has 0 bridgehead atoms. The fourth-order valence-electron chi connectivity index (χ4n) is 5.18. The number of aromatic nitrogens is 1. The summed E-state index contributed by atoms with van der Waals surface area (Å²) in [5, 5.41) is 0.584. The van der Waals surface area contributed by atoms with Crippen LogP contribution < -0.4 is 9.47 Å². The van der Waals surface area contributed by atoms with E-state index >= 15 is 0 Å². The Bertz CT molecular complexity index is 1480. The molecule has 0 aliphatic carbocycles. The zero-order valence-corrected chi connectivity index (χ0v) is 24.4. The third kappa shape index (κ3) is 6.91. The third-order valence-corrected chi connectivity index (χ3v) is 8.28. The summed E-state index contributed by atoms with van der Waals surface area (Å²) < 4.78 is 35.0. The molecule has 0 radical (unpaired) electrons. The molecule has 3 heterocycles. The summed E-state index contributed by atoms with van der Waals surface area (Å²) >= 11 is 0. The van der Waals surface area contributed by atoms with Gasteiger partial charge in [0.25, 0.3) is 21.9 Å². The Kier molecular flexibility index (Phi) is 9.08. The Morgan fingerprint density at radius 1 is 1.07 bits per heavy atom. The van der Waals surface area contributed by atoms with Crippen molar-refractivity contribution >= 4 is 39.7 Å². The number of benzene rings is 1. The molecule has 2 aliphatic rings. The molecule has 2 aromatic rings. The van der Waals surface area contributed by atoms with Crippen LogP contribution >= 0.6 is 0 Å². The number of nitrogens with zero attached hydrogens (tertiary/aromatic N) is 3. The summed E-state index contributed by atoms with van der Waals surface area (Å²) in [6.45, 7) is 7.62. The second kappa shape index (κ2) is 12.4. The van der Waals surface area contributed by atoms with Gasteiger partial charge in [0.15, 0.2) is 12.4 Å². The highest BCUT2D eigenvalue weighted by molar-refractivity contribution is 7.85. The van der Waals surface area contributed by atoms with Gasteiger partial charge >= 0.3 is 5.97 Å². The van der Waals surface area contributed by atoms with Crippen LogP contribution in [0.15, 0.2) is 65.5 Å². The Morgan fingerprint density at radius 2 is 1.76 bits per heavy atom. The smallest absolute Gasteiger partial charge is 0.333 e. The van der Waals surface area contributed by atoms with Crippen LogP contribution in [0.3, 0.4) is 0 Å². The topological polar surface area (TPSA) is 125 Å². The Balaban J connectivity index is 1.29. The number of aryl methyl sites for hydroxylation is 1. The minimum absolute atomic E-state index is 0.0861. The molecule has 0 atom stereocenters. The maximum atomic E-state index is 11.9. The van der Waals surface area contributed by atoms with Crippen LogP contribution in [0, 0.1) is 0 Å². The van der Waals surface area contributed by atoms with Crippen LogP contribution in [-0.4, -0.2) is 42.4 Å². The second-order valence-corrected chi connectivity index (χ2v) is 12.1. The number of imide groups is 1. The van der Waals surface area contributed by atoms with Crippen molar-refractivity contribution in [2.24, 2.45) is 0 Å². The quantitative estimate of drug-likeness (QED) is 0.182. The molecule has 1 aromatic carbocycles. The van der Waals surface area contributed by atoms with E-state index in [0.29, 0.717) is 18.0 Å². The van der Waals surface area contributed by atoms with Gasteiger partial charge < -0.3 is 9.74 Å². The van der Waals surface area contributed by atoms with E-state index in [0.717, 1.165) is 41.9 Å². The number of hydroxylamine groups is 2. The van der Waals surface area contributed by atoms with Gasteiger partial charge in [-0.05, 0) is 55.2 Å². The molecule has 1 N–H and O–H groups in total. The van der Waals surface area contributed by atoms with E-state index in [1.807, 2.05) is 63.5 Å². The second-order valence-electron chi connectivity index (χ2n) is 10.7. The van der Waals surface area contributed by atoms with Gasteiger partial charge in [-0.3, -0.25) is 14.1 Å². The molecule has 10 nitrogen and oxygen atoms in total. The first-order valence-electron chi connectivity index (χ1n) is 13.8. The minimum atomic E-state index is -4.29. The number of pyridine rings is 1. The zero-order valence-electron chi connectivity index (χ0n) is 23.6. The number of likely N-dealkylation sites (N-methyl/N-ethyl adjacent to an activating group) is 1. The summed E-state index contributed by atoms with van der Waals surface area (Å²) in [7, 11) is -4.29. The predicted octanol–water partition coefficient (Wildman–Crippen LogP) is 4.10. The monoisotopic (exact) mass is 582 g/mol. The van der Waals surface area contributed by atoms with Gasteiger partial charge in [0.05, 0.1) is 4.90 Å². The number of hydrogen-bond donors (Lipinski definition) is 1. The average molecular weight is 583 g/mol. The number of rotatable bonds is 11. The summed E-state index contributed by atoms with van der Waals surface area (Å²) in [4.78, 5) is 41.9. The normalized spacial score (nSPS) is 17.6. The molecule has 2 amide bonds. The maximum absolute atomic E-state index is 11.9. The van der Waals surface area contributed by atoms with E-state index in [-0.39, 0.29) is 24.2 Å². The SMILES string of the molecule is CCN1C(=CC=Cc2cc[n+](CCCCCC(=O)ON3C(=O)CCC3=O)cc2)C(C)(C)c2cc(S(=O)(=O)O)ccc21. The Hall–Kier alpha value is -3.83. The summed E-state index contributed by atoms with van der Waals surface area (Å²) in [5.74, 6) is -1.51. The van der Waals surface area contributed by atoms with Crippen molar-refractivity contribution < 1.29 is 36.8 Å². The van der Waals surface area contributed by atoms with Crippen LogP contribution in [0.25, 0.3) is 6.08 Å². The minimum Gasteiger partial charge on any atom is -0.344 e. The Morgan fingerprint density at radius 3 is 2.39 bits per heavy atom. The number of unbranched alkanes of at least 4 members (excludes halogenated alkanes) is 2. The molecule has 11 heteroatoms. The highest BCUT2D eigenvalue weighted by atomic mass is 32.2. The van der Waals surface area contributed by atoms with Crippen LogP contribution in [0.1, 0.15) is 70.4 Å². The molecule has 1 fully saturated rings. The first kappa shape index (κ1) is 30.1. The van der Waals surface area contributed by atoms with Crippen molar-refractivity contribution in [1.29, 1.82) is 0 Å². The van der Waals surface area contributed by atoms with Crippen molar-refractivity contribution in [1.82, 2.24) is 5.06 Å². The molecule has 0 unspecified atom stereocenters. The number of fused-ring (bicyclic) bond motifs is 1. The van der Waals surface area contributed by atoms with E-state index in [4.69, 9.17) is 4.84 Å². The van der Waals surface area contributed by atoms with Crippen molar-refractivity contribution in [3.05, 3.63) is 71.7 Å². The van der Waals surface area contributed by atoms with Crippen LogP contribution in [0.5, 0.6) is 0 Å². The maximum Gasteiger partial charge on any atom is 0.333 e. The number of allylic oxidation sites excluding steroid dienone is 3. The van der Waals surface area contributed by atoms with Gasteiger partial charge in [-0.25, -0.2) is 9.36 Å². The summed E-state index contributed by atoms with van der Waals surface area (Å²) in [6, 6.07) is 8.76. The lowest BCUT2D eigenvalue weighted by Gasteiger charge is -2.25. The number of hydrogen-bond acceptors (Lipinski definition) is 7. The molecule has 0 spiro atoms. The van der Waals surface area contributed by atoms with Gasteiger partial charge in [-0.1, -0.05) is 26.0 Å². The number of amides is 2. The predicted molar refractivity (Wildman–Crippen MR) is 152 cm³/mol. The molecule has 4 rings (SSSR count). The van der Waals surface area contributed by atoms with Crippen molar-refractivity contribution in [2.75, 3.05) is 11.4 Å². The molecular weight excluding hydrogens is 546 g/mol. The van der Waals surface area contributed by atoms with E-state index in [1.54, 1.807) is 12.1 Å². The molecule has 1 aromatic heterocycles. The lowest BCUT2D eigenvalue weighted by Crippen LogP contribution is -2.32.